The molecular weight excluding hydrogens is 282 g/mol. The SMILES string of the molecule is CC1CCCCC1CNC(=O)c1sc2cccnc2c1N. The minimum Gasteiger partial charge on any atom is -0.396 e. The normalized spacial score (nSPS) is 22.3. The lowest BCUT2D eigenvalue weighted by Crippen LogP contribution is -2.33. The van der Waals surface area contributed by atoms with E-state index < -0.39 is 0 Å². The quantitative estimate of drug-likeness (QED) is 0.912. The number of hydrogen-bond acceptors (Lipinski definition) is 4. The number of pyridine rings is 1. The van der Waals surface area contributed by atoms with Gasteiger partial charge in [0.2, 0.25) is 0 Å². The Labute approximate surface area is 128 Å². The van der Waals surface area contributed by atoms with Gasteiger partial charge in [-0.2, -0.15) is 0 Å². The Kier molecular flexibility index (Phi) is 4.10. The number of thiophene rings is 1. The van der Waals surface area contributed by atoms with Gasteiger partial charge in [0, 0.05) is 12.7 Å². The van der Waals surface area contributed by atoms with Crippen molar-refractivity contribution in [3.05, 3.63) is 23.2 Å². The third-order valence-electron chi connectivity index (χ3n) is 4.50. The van der Waals surface area contributed by atoms with E-state index in [2.05, 4.69) is 17.2 Å². The van der Waals surface area contributed by atoms with E-state index in [1.807, 2.05) is 12.1 Å². The summed E-state index contributed by atoms with van der Waals surface area (Å²) in [6.45, 7) is 3.04. The van der Waals surface area contributed by atoms with Gasteiger partial charge in [-0.15, -0.1) is 11.3 Å². The predicted octanol–water partition coefficient (Wildman–Crippen LogP) is 3.43. The molecule has 3 N–H and O–H groups in total. The molecule has 1 saturated carbocycles. The zero-order valence-electron chi connectivity index (χ0n) is 12.3. The molecule has 0 aliphatic heterocycles. The predicted molar refractivity (Wildman–Crippen MR) is 87.5 cm³/mol. The van der Waals surface area contributed by atoms with Crippen LogP contribution in [0.5, 0.6) is 0 Å². The van der Waals surface area contributed by atoms with E-state index in [1.54, 1.807) is 6.20 Å². The molecule has 2 unspecified atom stereocenters. The maximum absolute atomic E-state index is 12.4. The third kappa shape index (κ3) is 2.88. The molecule has 1 amide bonds. The summed E-state index contributed by atoms with van der Waals surface area (Å²) < 4.78 is 0.964. The zero-order valence-corrected chi connectivity index (χ0v) is 13.1. The highest BCUT2D eigenvalue weighted by molar-refractivity contribution is 7.21. The van der Waals surface area contributed by atoms with E-state index in [0.717, 1.165) is 16.8 Å². The van der Waals surface area contributed by atoms with Crippen LogP contribution in [-0.2, 0) is 0 Å². The topological polar surface area (TPSA) is 68.0 Å². The average molecular weight is 303 g/mol. The molecule has 2 atom stereocenters. The Hall–Kier alpha value is -1.62. The van der Waals surface area contributed by atoms with Gasteiger partial charge in [-0.25, -0.2) is 0 Å². The van der Waals surface area contributed by atoms with Gasteiger partial charge in [0.15, 0.2) is 0 Å². The number of nitrogens with zero attached hydrogens (tertiary/aromatic N) is 1. The standard InChI is InChI=1S/C16H21N3OS/c1-10-5-2-3-6-11(10)9-19-16(20)15-13(17)14-12(21-15)7-4-8-18-14/h4,7-8,10-11H,2-3,5-6,9,17H2,1H3,(H,19,20). The molecule has 1 fully saturated rings. The molecule has 4 nitrogen and oxygen atoms in total. The van der Waals surface area contributed by atoms with E-state index in [0.29, 0.717) is 22.4 Å². The Morgan fingerprint density at radius 3 is 3.05 bits per heavy atom. The Balaban J connectivity index is 1.70. The van der Waals surface area contributed by atoms with Crippen molar-refractivity contribution in [1.82, 2.24) is 10.3 Å². The van der Waals surface area contributed by atoms with Crippen LogP contribution in [0.15, 0.2) is 18.3 Å². The summed E-state index contributed by atoms with van der Waals surface area (Å²) >= 11 is 1.42. The number of nitrogen functional groups attached to an aromatic ring is 1. The van der Waals surface area contributed by atoms with Gasteiger partial charge in [0.05, 0.1) is 10.4 Å². The first kappa shape index (κ1) is 14.3. The average Bonchev–Trinajstić information content (AvgIpc) is 2.84. The van der Waals surface area contributed by atoms with Crippen molar-refractivity contribution in [3.63, 3.8) is 0 Å². The van der Waals surface area contributed by atoms with Gasteiger partial charge in [-0.05, 0) is 30.4 Å². The van der Waals surface area contributed by atoms with E-state index in [9.17, 15) is 4.79 Å². The minimum absolute atomic E-state index is 0.0618. The van der Waals surface area contributed by atoms with Crippen molar-refractivity contribution >= 4 is 33.1 Å². The van der Waals surface area contributed by atoms with Gasteiger partial charge < -0.3 is 11.1 Å². The second-order valence-electron chi connectivity index (χ2n) is 5.93. The minimum atomic E-state index is -0.0618. The largest absolute Gasteiger partial charge is 0.396 e. The summed E-state index contributed by atoms with van der Waals surface area (Å²) in [6, 6.07) is 3.81. The van der Waals surface area contributed by atoms with Crippen molar-refractivity contribution in [2.45, 2.75) is 32.6 Å². The number of aromatic nitrogens is 1. The molecule has 2 aromatic heterocycles. The molecule has 0 bridgehead atoms. The van der Waals surface area contributed by atoms with Crippen molar-refractivity contribution in [1.29, 1.82) is 0 Å². The first-order valence-corrected chi connectivity index (χ1v) is 8.39. The smallest absolute Gasteiger partial charge is 0.263 e. The van der Waals surface area contributed by atoms with Crippen molar-refractivity contribution in [2.75, 3.05) is 12.3 Å². The lowest BCUT2D eigenvalue weighted by molar-refractivity contribution is 0.0941. The Morgan fingerprint density at radius 2 is 2.29 bits per heavy atom. The van der Waals surface area contributed by atoms with Gasteiger partial charge in [0.1, 0.15) is 10.4 Å². The summed E-state index contributed by atoms with van der Waals surface area (Å²) in [4.78, 5) is 17.2. The number of amides is 1. The maximum Gasteiger partial charge on any atom is 0.263 e. The molecule has 0 saturated heterocycles. The lowest BCUT2D eigenvalue weighted by Gasteiger charge is -2.28. The maximum atomic E-state index is 12.4. The Morgan fingerprint density at radius 1 is 1.48 bits per heavy atom. The van der Waals surface area contributed by atoms with E-state index in [1.165, 1.54) is 37.0 Å². The molecule has 5 heteroatoms. The van der Waals surface area contributed by atoms with Gasteiger partial charge in [-0.1, -0.05) is 26.2 Å². The highest BCUT2D eigenvalue weighted by Gasteiger charge is 2.23. The van der Waals surface area contributed by atoms with Crippen LogP contribution in [0, 0.1) is 11.8 Å². The zero-order chi connectivity index (χ0) is 14.8. The second kappa shape index (κ2) is 6.02. The van der Waals surface area contributed by atoms with Crippen LogP contribution in [0.2, 0.25) is 0 Å². The van der Waals surface area contributed by atoms with Gasteiger partial charge >= 0.3 is 0 Å². The second-order valence-corrected chi connectivity index (χ2v) is 6.98. The van der Waals surface area contributed by atoms with E-state index in [-0.39, 0.29) is 5.91 Å². The molecular formula is C16H21N3OS. The first-order chi connectivity index (χ1) is 10.2. The molecule has 2 aromatic rings. The van der Waals surface area contributed by atoms with Crippen molar-refractivity contribution in [3.8, 4) is 0 Å². The summed E-state index contributed by atoms with van der Waals surface area (Å²) in [7, 11) is 0. The molecule has 1 aliphatic carbocycles. The fourth-order valence-electron chi connectivity index (χ4n) is 3.12. The fraction of sp³-hybridized carbons (Fsp3) is 0.500. The van der Waals surface area contributed by atoms with Crippen LogP contribution in [0.1, 0.15) is 42.3 Å². The molecule has 0 radical (unpaired) electrons. The number of nitrogens with two attached hydrogens (primary N) is 1. The van der Waals surface area contributed by atoms with Crippen LogP contribution in [0.3, 0.4) is 0 Å². The number of rotatable bonds is 3. The monoisotopic (exact) mass is 303 g/mol. The van der Waals surface area contributed by atoms with E-state index >= 15 is 0 Å². The van der Waals surface area contributed by atoms with Crippen LogP contribution < -0.4 is 11.1 Å². The molecule has 1 aliphatic rings. The van der Waals surface area contributed by atoms with Crippen LogP contribution >= 0.6 is 11.3 Å². The number of anilines is 1. The number of hydrogen-bond donors (Lipinski definition) is 2. The number of nitrogens with one attached hydrogen (secondary N) is 1. The van der Waals surface area contributed by atoms with E-state index in [4.69, 9.17) is 5.73 Å². The molecule has 112 valence electrons. The summed E-state index contributed by atoms with van der Waals surface area (Å²) in [5.74, 6) is 1.23. The molecule has 3 rings (SSSR count). The molecule has 2 heterocycles. The Bertz CT molecular complexity index is 652. The van der Waals surface area contributed by atoms with Gasteiger partial charge in [-0.3, -0.25) is 9.78 Å². The van der Waals surface area contributed by atoms with Crippen LogP contribution in [0.25, 0.3) is 10.2 Å². The summed E-state index contributed by atoms with van der Waals surface area (Å²) in [5, 5.41) is 3.06. The highest BCUT2D eigenvalue weighted by Crippen LogP contribution is 2.32. The van der Waals surface area contributed by atoms with Crippen molar-refractivity contribution in [2.24, 2.45) is 11.8 Å². The summed E-state index contributed by atoms with van der Waals surface area (Å²) in [6.07, 6.45) is 6.79. The van der Waals surface area contributed by atoms with Crippen LogP contribution in [-0.4, -0.2) is 17.4 Å². The first-order valence-electron chi connectivity index (χ1n) is 7.58. The summed E-state index contributed by atoms with van der Waals surface area (Å²) in [5.41, 5.74) is 7.30. The molecule has 21 heavy (non-hydrogen) atoms. The van der Waals surface area contributed by atoms with Gasteiger partial charge in [0.25, 0.3) is 5.91 Å². The highest BCUT2D eigenvalue weighted by atomic mass is 32.1. The number of carbonyl (C=O) groups is 1. The molecule has 0 spiro atoms. The number of fused-ring (bicyclic) bond motifs is 1. The van der Waals surface area contributed by atoms with Crippen molar-refractivity contribution < 1.29 is 4.79 Å². The fourth-order valence-corrected chi connectivity index (χ4v) is 4.11. The van der Waals surface area contributed by atoms with Crippen LogP contribution in [0.4, 0.5) is 5.69 Å². The third-order valence-corrected chi connectivity index (χ3v) is 5.66. The lowest BCUT2D eigenvalue weighted by atomic mass is 9.80. The number of carbonyl (C=O) groups excluding carboxylic acids is 1. The molecule has 0 aromatic carbocycles.